The van der Waals surface area contributed by atoms with Crippen molar-refractivity contribution in [2.45, 2.75) is 19.8 Å². The Morgan fingerprint density at radius 2 is 0.476 bits per heavy atom. The van der Waals surface area contributed by atoms with Gasteiger partial charge in [0.2, 0.25) is 0 Å². The molecule has 0 fully saturated rings. The molecule has 0 aromatic carbocycles. The number of rotatable bonds is 39. The Bertz CT molecular complexity index is 428. The Kier molecular flexibility index (Phi) is 40.0. The van der Waals surface area contributed by atoms with E-state index in [1.807, 2.05) is 7.05 Å². The third kappa shape index (κ3) is 39.5. The minimum Gasteiger partial charge on any atom is -0.379 e. The first kappa shape index (κ1) is 41.5. The van der Waals surface area contributed by atoms with Crippen LogP contribution in [-0.4, -0.2) is 172 Å². The van der Waals surface area contributed by atoms with Crippen molar-refractivity contribution < 1.29 is 56.8 Å². The van der Waals surface area contributed by atoms with Crippen molar-refractivity contribution in [2.75, 3.05) is 172 Å². The molecule has 0 aromatic rings. The van der Waals surface area contributed by atoms with Gasteiger partial charge in [-0.05, 0) is 13.5 Å². The van der Waals surface area contributed by atoms with Crippen LogP contribution in [0.5, 0.6) is 0 Å². The molecule has 1 N–H and O–H groups in total. The molecule has 0 unspecified atom stereocenters. The zero-order valence-corrected chi connectivity index (χ0v) is 26.5. The van der Waals surface area contributed by atoms with Crippen molar-refractivity contribution in [2.24, 2.45) is 0 Å². The van der Waals surface area contributed by atoms with Gasteiger partial charge >= 0.3 is 0 Å². The first-order valence-corrected chi connectivity index (χ1v) is 15.5. The maximum Gasteiger partial charge on any atom is 0.0701 e. The smallest absolute Gasteiger partial charge is 0.0701 e. The summed E-state index contributed by atoms with van der Waals surface area (Å²) in [6.45, 7) is 16.5. The summed E-state index contributed by atoms with van der Waals surface area (Å²) in [6, 6.07) is 0. The van der Waals surface area contributed by atoms with Crippen molar-refractivity contribution in [3.63, 3.8) is 0 Å². The summed E-state index contributed by atoms with van der Waals surface area (Å²) in [5.74, 6) is 0. The molecular weight excluding hydrogens is 554 g/mol. The van der Waals surface area contributed by atoms with Crippen molar-refractivity contribution in [1.29, 1.82) is 0 Å². The van der Waals surface area contributed by atoms with E-state index in [9.17, 15) is 0 Å². The number of hydrogen-bond acceptors (Lipinski definition) is 13. The van der Waals surface area contributed by atoms with Crippen LogP contribution in [0.25, 0.3) is 0 Å². The monoisotopic (exact) mass is 615 g/mol. The van der Waals surface area contributed by atoms with Gasteiger partial charge in [0.05, 0.1) is 152 Å². The van der Waals surface area contributed by atoms with Gasteiger partial charge in [0.1, 0.15) is 0 Å². The van der Waals surface area contributed by atoms with E-state index in [0.29, 0.717) is 152 Å². The first-order chi connectivity index (χ1) is 20.9. The maximum absolute atomic E-state index is 5.48. The summed E-state index contributed by atoms with van der Waals surface area (Å²) in [6.07, 6.45) is 2.24. The fourth-order valence-corrected chi connectivity index (χ4v) is 2.94. The average Bonchev–Trinajstić information content (AvgIpc) is 3.00. The Morgan fingerprint density at radius 1 is 0.286 bits per heavy atom. The Balaban J connectivity index is 3.02. The Hall–Kier alpha value is -0.520. The zero-order valence-electron chi connectivity index (χ0n) is 26.5. The molecule has 0 aliphatic rings. The van der Waals surface area contributed by atoms with E-state index in [4.69, 9.17) is 56.8 Å². The highest BCUT2D eigenvalue weighted by Gasteiger charge is 1.96. The van der Waals surface area contributed by atoms with Crippen LogP contribution in [-0.2, 0) is 56.8 Å². The molecule has 13 heteroatoms. The minimum absolute atomic E-state index is 0.519. The summed E-state index contributed by atoms with van der Waals surface area (Å²) >= 11 is 0. The molecule has 0 bridgehead atoms. The summed E-state index contributed by atoms with van der Waals surface area (Å²) in [7, 11) is 1.90. The number of ether oxygens (including phenoxy) is 12. The van der Waals surface area contributed by atoms with E-state index in [-0.39, 0.29) is 0 Å². The molecule has 0 aliphatic carbocycles. The van der Waals surface area contributed by atoms with Gasteiger partial charge in [0.25, 0.3) is 0 Å². The van der Waals surface area contributed by atoms with Crippen LogP contribution >= 0.6 is 0 Å². The molecular formula is C29H61NO12. The van der Waals surface area contributed by atoms with Gasteiger partial charge in [-0.2, -0.15) is 0 Å². The van der Waals surface area contributed by atoms with Crippen LogP contribution in [0.2, 0.25) is 0 Å². The molecule has 254 valence electrons. The fraction of sp³-hybridized carbons (Fsp3) is 1.00. The SMILES string of the molecule is CCCCOCCOCCOCCOCCOCCOCCOCCOCCOCCOCCOCCOCCNC. The lowest BCUT2D eigenvalue weighted by Gasteiger charge is -2.09. The van der Waals surface area contributed by atoms with Crippen LogP contribution < -0.4 is 5.32 Å². The van der Waals surface area contributed by atoms with Crippen LogP contribution in [0, 0.1) is 0 Å². The van der Waals surface area contributed by atoms with Crippen LogP contribution in [0.1, 0.15) is 19.8 Å². The van der Waals surface area contributed by atoms with Crippen molar-refractivity contribution >= 4 is 0 Å². The van der Waals surface area contributed by atoms with E-state index in [1.54, 1.807) is 0 Å². The van der Waals surface area contributed by atoms with E-state index >= 15 is 0 Å². The number of hydrogen-bond donors (Lipinski definition) is 1. The summed E-state index contributed by atoms with van der Waals surface area (Å²) in [5.41, 5.74) is 0. The number of nitrogens with one attached hydrogen (secondary N) is 1. The summed E-state index contributed by atoms with van der Waals surface area (Å²) < 4.78 is 65.3. The van der Waals surface area contributed by atoms with E-state index in [0.717, 1.165) is 26.0 Å². The molecule has 42 heavy (non-hydrogen) atoms. The minimum atomic E-state index is 0.519. The van der Waals surface area contributed by atoms with Gasteiger partial charge in [-0.15, -0.1) is 0 Å². The lowest BCUT2D eigenvalue weighted by atomic mass is 10.4. The van der Waals surface area contributed by atoms with Crippen molar-refractivity contribution in [3.05, 3.63) is 0 Å². The summed E-state index contributed by atoms with van der Waals surface area (Å²) in [4.78, 5) is 0. The zero-order chi connectivity index (χ0) is 30.3. The average molecular weight is 616 g/mol. The lowest BCUT2D eigenvalue weighted by molar-refractivity contribution is -0.0283. The Labute approximate surface area is 254 Å². The standard InChI is InChI=1S/C29H61NO12/c1-3-4-6-31-8-10-33-12-14-35-16-18-37-20-22-39-24-26-41-28-29-42-27-25-40-23-21-38-19-17-36-15-13-34-11-9-32-7-5-30-2/h30H,3-29H2,1-2H3. The van der Waals surface area contributed by atoms with E-state index < -0.39 is 0 Å². The van der Waals surface area contributed by atoms with Gasteiger partial charge in [-0.25, -0.2) is 0 Å². The fourth-order valence-electron chi connectivity index (χ4n) is 2.94. The van der Waals surface area contributed by atoms with Gasteiger partial charge in [-0.3, -0.25) is 0 Å². The predicted molar refractivity (Wildman–Crippen MR) is 159 cm³/mol. The second kappa shape index (κ2) is 40.5. The molecule has 0 rings (SSSR count). The molecule has 0 heterocycles. The molecule has 0 saturated heterocycles. The highest BCUT2D eigenvalue weighted by molar-refractivity contribution is 4.40. The van der Waals surface area contributed by atoms with Crippen LogP contribution in [0.4, 0.5) is 0 Å². The van der Waals surface area contributed by atoms with Gasteiger partial charge < -0.3 is 62.2 Å². The number of unbranched alkanes of at least 4 members (excludes halogenated alkanes) is 1. The van der Waals surface area contributed by atoms with E-state index in [2.05, 4.69) is 12.2 Å². The van der Waals surface area contributed by atoms with Crippen LogP contribution in [0.15, 0.2) is 0 Å². The predicted octanol–water partition coefficient (Wildman–Crippen LogP) is 1.21. The normalized spacial score (nSPS) is 11.6. The first-order valence-electron chi connectivity index (χ1n) is 15.5. The second-order valence-corrected chi connectivity index (χ2v) is 8.81. The highest BCUT2D eigenvalue weighted by atomic mass is 16.6. The van der Waals surface area contributed by atoms with Crippen molar-refractivity contribution in [3.8, 4) is 0 Å². The largest absolute Gasteiger partial charge is 0.379 e. The highest BCUT2D eigenvalue weighted by Crippen LogP contribution is 1.89. The molecule has 0 saturated carbocycles. The molecule has 0 aromatic heterocycles. The third-order valence-corrected chi connectivity index (χ3v) is 5.23. The molecule has 0 atom stereocenters. The van der Waals surface area contributed by atoms with Gasteiger partial charge in [-0.1, -0.05) is 13.3 Å². The quantitative estimate of drug-likeness (QED) is 0.0998. The summed E-state index contributed by atoms with van der Waals surface area (Å²) in [5, 5.41) is 3.02. The van der Waals surface area contributed by atoms with Gasteiger partial charge in [0.15, 0.2) is 0 Å². The number of likely N-dealkylation sites (N-methyl/N-ethyl adjacent to an activating group) is 1. The van der Waals surface area contributed by atoms with Crippen LogP contribution in [0.3, 0.4) is 0 Å². The molecule has 0 spiro atoms. The lowest BCUT2D eigenvalue weighted by Crippen LogP contribution is -2.17. The molecule has 0 amide bonds. The molecule has 13 nitrogen and oxygen atoms in total. The third-order valence-electron chi connectivity index (χ3n) is 5.23. The molecule has 0 aliphatic heterocycles. The Morgan fingerprint density at radius 3 is 0.667 bits per heavy atom. The van der Waals surface area contributed by atoms with Crippen molar-refractivity contribution in [1.82, 2.24) is 5.32 Å². The van der Waals surface area contributed by atoms with E-state index in [1.165, 1.54) is 0 Å². The molecule has 0 radical (unpaired) electrons. The topological polar surface area (TPSA) is 123 Å². The van der Waals surface area contributed by atoms with Gasteiger partial charge in [0, 0.05) is 13.2 Å². The maximum atomic E-state index is 5.48. The second-order valence-electron chi connectivity index (χ2n) is 8.81.